The molecule has 0 bridgehead atoms. The first-order valence-electron chi connectivity index (χ1n) is 5.00. The third kappa shape index (κ3) is 2.19. The van der Waals surface area contributed by atoms with Crippen molar-refractivity contribution in [2.75, 3.05) is 13.2 Å². The Kier molecular flexibility index (Phi) is 3.15. The van der Waals surface area contributed by atoms with Gasteiger partial charge in [0, 0.05) is 23.7 Å². The van der Waals surface area contributed by atoms with Crippen LogP contribution in [0.4, 0.5) is 0 Å². The monoisotopic (exact) mass is 237 g/mol. The zero-order valence-electron chi connectivity index (χ0n) is 8.78. The van der Waals surface area contributed by atoms with Gasteiger partial charge in [-0.15, -0.1) is 6.58 Å². The first-order valence-corrected chi connectivity index (χ1v) is 5.38. The molecule has 0 saturated heterocycles. The van der Waals surface area contributed by atoms with Crippen molar-refractivity contribution in [3.8, 4) is 5.75 Å². The summed E-state index contributed by atoms with van der Waals surface area (Å²) in [6.45, 7) is 4.74. The van der Waals surface area contributed by atoms with E-state index in [0.717, 1.165) is 11.3 Å². The molecule has 0 N–H and O–H groups in total. The van der Waals surface area contributed by atoms with Gasteiger partial charge >= 0.3 is 0 Å². The van der Waals surface area contributed by atoms with Crippen LogP contribution in [0, 0.1) is 0 Å². The molecule has 1 aromatic carbocycles. The lowest BCUT2D eigenvalue weighted by Crippen LogP contribution is -2.32. The largest absolute Gasteiger partial charge is 0.483 e. The zero-order valence-corrected chi connectivity index (χ0v) is 9.54. The number of halogens is 1. The van der Waals surface area contributed by atoms with Gasteiger partial charge in [-0.3, -0.25) is 4.79 Å². The SMILES string of the molecule is C=CCN1Cc2cc(Cl)ccc2OCC1=O. The molecule has 1 amide bonds. The molecule has 0 radical (unpaired) electrons. The van der Waals surface area contributed by atoms with Crippen molar-refractivity contribution >= 4 is 17.5 Å². The second-order valence-corrected chi connectivity index (χ2v) is 4.04. The maximum atomic E-state index is 11.7. The second-order valence-electron chi connectivity index (χ2n) is 3.60. The fourth-order valence-corrected chi connectivity index (χ4v) is 1.85. The lowest BCUT2D eigenvalue weighted by molar-refractivity contribution is -0.132. The van der Waals surface area contributed by atoms with Gasteiger partial charge in [-0.05, 0) is 18.2 Å². The summed E-state index contributed by atoms with van der Waals surface area (Å²) in [7, 11) is 0. The number of carbonyl (C=O) groups is 1. The molecule has 84 valence electrons. The summed E-state index contributed by atoms with van der Waals surface area (Å²) in [5.41, 5.74) is 0.931. The number of fused-ring (bicyclic) bond motifs is 1. The highest BCUT2D eigenvalue weighted by Crippen LogP contribution is 2.26. The normalized spacial score (nSPS) is 15.1. The molecule has 0 saturated carbocycles. The van der Waals surface area contributed by atoms with Crippen molar-refractivity contribution in [3.63, 3.8) is 0 Å². The highest BCUT2D eigenvalue weighted by atomic mass is 35.5. The van der Waals surface area contributed by atoms with E-state index in [4.69, 9.17) is 16.3 Å². The van der Waals surface area contributed by atoms with Crippen LogP contribution in [0.1, 0.15) is 5.56 Å². The third-order valence-corrected chi connectivity index (χ3v) is 2.67. The Balaban J connectivity index is 2.31. The number of hydrogen-bond donors (Lipinski definition) is 0. The topological polar surface area (TPSA) is 29.5 Å². The number of nitrogens with zero attached hydrogens (tertiary/aromatic N) is 1. The molecule has 0 fully saturated rings. The minimum atomic E-state index is -0.0350. The van der Waals surface area contributed by atoms with Crippen LogP contribution in [-0.4, -0.2) is 24.0 Å². The Hall–Kier alpha value is -1.48. The number of carbonyl (C=O) groups excluding carboxylic acids is 1. The van der Waals surface area contributed by atoms with Crippen molar-refractivity contribution in [3.05, 3.63) is 41.4 Å². The first kappa shape index (κ1) is 11.0. The molecule has 1 aliphatic heterocycles. The molecule has 0 spiro atoms. The fourth-order valence-electron chi connectivity index (χ4n) is 1.66. The smallest absolute Gasteiger partial charge is 0.261 e. The summed E-state index contributed by atoms with van der Waals surface area (Å²) in [5, 5.41) is 0.648. The molecule has 1 aromatic rings. The van der Waals surface area contributed by atoms with Crippen LogP contribution in [0.15, 0.2) is 30.9 Å². The molecule has 4 heteroatoms. The highest BCUT2D eigenvalue weighted by molar-refractivity contribution is 6.30. The standard InChI is InChI=1S/C12H12ClNO2/c1-2-5-14-7-9-6-10(13)3-4-11(9)16-8-12(14)15/h2-4,6H,1,5,7-8H2. The predicted octanol–water partition coefficient (Wildman–Crippen LogP) is 2.25. The average Bonchev–Trinajstić information content (AvgIpc) is 2.40. The number of amides is 1. The van der Waals surface area contributed by atoms with Crippen LogP contribution >= 0.6 is 11.6 Å². The molecule has 16 heavy (non-hydrogen) atoms. The minimum Gasteiger partial charge on any atom is -0.483 e. The third-order valence-electron chi connectivity index (χ3n) is 2.44. The van der Waals surface area contributed by atoms with Crippen LogP contribution in [0.5, 0.6) is 5.75 Å². The molecule has 1 heterocycles. The van der Waals surface area contributed by atoms with Gasteiger partial charge in [-0.2, -0.15) is 0 Å². The van der Waals surface area contributed by atoms with Gasteiger partial charge < -0.3 is 9.64 Å². The lowest BCUT2D eigenvalue weighted by atomic mass is 10.2. The molecular formula is C12H12ClNO2. The molecule has 0 unspecified atom stereocenters. The van der Waals surface area contributed by atoms with E-state index in [9.17, 15) is 4.79 Å². The Bertz CT molecular complexity index is 431. The first-order chi connectivity index (χ1) is 7.70. The average molecular weight is 238 g/mol. The molecule has 3 nitrogen and oxygen atoms in total. The highest BCUT2D eigenvalue weighted by Gasteiger charge is 2.20. The molecule has 1 aliphatic rings. The van der Waals surface area contributed by atoms with E-state index in [1.165, 1.54) is 0 Å². The van der Waals surface area contributed by atoms with E-state index in [1.54, 1.807) is 23.1 Å². The molecule has 0 atom stereocenters. The molecular weight excluding hydrogens is 226 g/mol. The maximum Gasteiger partial charge on any atom is 0.261 e. The van der Waals surface area contributed by atoms with Gasteiger partial charge in [-0.25, -0.2) is 0 Å². The summed E-state index contributed by atoms with van der Waals surface area (Å²) >= 11 is 5.91. The van der Waals surface area contributed by atoms with Gasteiger partial charge in [0.05, 0.1) is 0 Å². The Morgan fingerprint density at radius 3 is 3.12 bits per heavy atom. The summed E-state index contributed by atoms with van der Waals surface area (Å²) in [5.74, 6) is 0.691. The molecule has 0 aliphatic carbocycles. The van der Waals surface area contributed by atoms with Crippen molar-refractivity contribution in [1.29, 1.82) is 0 Å². The fraction of sp³-hybridized carbons (Fsp3) is 0.250. The maximum absolute atomic E-state index is 11.7. The van der Waals surface area contributed by atoms with Gasteiger partial charge in [0.1, 0.15) is 5.75 Å². The van der Waals surface area contributed by atoms with E-state index >= 15 is 0 Å². The number of hydrogen-bond acceptors (Lipinski definition) is 2. The van der Waals surface area contributed by atoms with Gasteiger partial charge in [-0.1, -0.05) is 17.7 Å². The summed E-state index contributed by atoms with van der Waals surface area (Å²) in [6, 6.07) is 5.38. The quantitative estimate of drug-likeness (QED) is 0.739. The van der Waals surface area contributed by atoms with E-state index in [2.05, 4.69) is 6.58 Å². The molecule has 2 rings (SSSR count). The van der Waals surface area contributed by atoms with Crippen LogP contribution in [0.3, 0.4) is 0 Å². The van der Waals surface area contributed by atoms with E-state index in [0.29, 0.717) is 18.1 Å². The van der Waals surface area contributed by atoms with Crippen LogP contribution in [0.2, 0.25) is 5.02 Å². The Morgan fingerprint density at radius 2 is 2.38 bits per heavy atom. The van der Waals surface area contributed by atoms with Gasteiger partial charge in [0.15, 0.2) is 6.61 Å². The summed E-state index contributed by atoms with van der Waals surface area (Å²) in [4.78, 5) is 13.4. The lowest BCUT2D eigenvalue weighted by Gasteiger charge is -2.17. The van der Waals surface area contributed by atoms with Crippen molar-refractivity contribution in [2.24, 2.45) is 0 Å². The minimum absolute atomic E-state index is 0.0350. The van der Waals surface area contributed by atoms with Gasteiger partial charge in [0.25, 0.3) is 5.91 Å². The Morgan fingerprint density at radius 1 is 1.56 bits per heavy atom. The number of benzene rings is 1. The zero-order chi connectivity index (χ0) is 11.5. The summed E-state index contributed by atoms with van der Waals surface area (Å²) in [6.07, 6.45) is 1.70. The van der Waals surface area contributed by atoms with E-state index in [1.807, 2.05) is 6.07 Å². The van der Waals surface area contributed by atoms with E-state index in [-0.39, 0.29) is 12.5 Å². The van der Waals surface area contributed by atoms with Crippen molar-refractivity contribution in [2.45, 2.75) is 6.54 Å². The van der Waals surface area contributed by atoms with Crippen LogP contribution < -0.4 is 4.74 Å². The molecule has 0 aromatic heterocycles. The van der Waals surface area contributed by atoms with Crippen molar-refractivity contribution in [1.82, 2.24) is 4.90 Å². The van der Waals surface area contributed by atoms with Crippen LogP contribution in [0.25, 0.3) is 0 Å². The van der Waals surface area contributed by atoms with Gasteiger partial charge in [0.2, 0.25) is 0 Å². The van der Waals surface area contributed by atoms with Crippen LogP contribution in [-0.2, 0) is 11.3 Å². The number of rotatable bonds is 2. The summed E-state index contributed by atoms with van der Waals surface area (Å²) < 4.78 is 5.41. The predicted molar refractivity (Wildman–Crippen MR) is 62.6 cm³/mol. The van der Waals surface area contributed by atoms with Crippen molar-refractivity contribution < 1.29 is 9.53 Å². The number of ether oxygens (including phenoxy) is 1. The Labute approximate surface area is 99.3 Å². The second kappa shape index (κ2) is 4.58. The van der Waals surface area contributed by atoms with E-state index < -0.39 is 0 Å².